The van der Waals surface area contributed by atoms with Crippen LogP contribution in [0.2, 0.25) is 0 Å². The van der Waals surface area contributed by atoms with E-state index < -0.39 is 0 Å². The predicted octanol–water partition coefficient (Wildman–Crippen LogP) is 3.86. The van der Waals surface area contributed by atoms with E-state index in [2.05, 4.69) is 22.9 Å². The fourth-order valence-electron chi connectivity index (χ4n) is 1.70. The van der Waals surface area contributed by atoms with E-state index in [0.29, 0.717) is 18.8 Å². The number of nitrogens with zero attached hydrogens (tertiary/aromatic N) is 1. The minimum Gasteiger partial charge on any atom is -0.341 e. The van der Waals surface area contributed by atoms with E-state index in [0.717, 1.165) is 29.4 Å². The van der Waals surface area contributed by atoms with Crippen LogP contribution in [0.15, 0.2) is 28.7 Å². The number of unbranched alkanes of at least 4 members (excludes halogenated alkanes) is 1. The summed E-state index contributed by atoms with van der Waals surface area (Å²) in [4.78, 5) is 14.0. The molecule has 0 radical (unpaired) electrons. The molecule has 2 nitrogen and oxygen atoms in total. The molecule has 0 aromatic heterocycles. The summed E-state index contributed by atoms with van der Waals surface area (Å²) in [6.45, 7) is 3.56. The van der Waals surface area contributed by atoms with Crippen molar-refractivity contribution in [1.82, 2.24) is 4.90 Å². The molecular formula is C14H19BrClNO. The number of alkyl halides is 1. The molecule has 0 aliphatic carbocycles. The molecule has 1 aromatic carbocycles. The minimum atomic E-state index is 0.159. The Morgan fingerprint density at radius 3 is 2.50 bits per heavy atom. The number of benzene rings is 1. The molecule has 4 heteroatoms. The smallest absolute Gasteiger partial charge is 0.227 e. The van der Waals surface area contributed by atoms with Crippen LogP contribution in [0.25, 0.3) is 0 Å². The molecule has 18 heavy (non-hydrogen) atoms. The van der Waals surface area contributed by atoms with Crippen LogP contribution in [0.5, 0.6) is 0 Å². The second kappa shape index (κ2) is 8.54. The molecule has 0 aliphatic heterocycles. The highest BCUT2D eigenvalue weighted by molar-refractivity contribution is 9.10. The van der Waals surface area contributed by atoms with Gasteiger partial charge in [0.05, 0.1) is 6.42 Å². The highest BCUT2D eigenvalue weighted by Crippen LogP contribution is 2.12. The van der Waals surface area contributed by atoms with Crippen LogP contribution in [-0.2, 0) is 11.2 Å². The molecule has 0 bridgehead atoms. The summed E-state index contributed by atoms with van der Waals surface area (Å²) in [5, 5.41) is 0. The third-order valence-electron chi connectivity index (χ3n) is 2.76. The molecule has 0 saturated heterocycles. The van der Waals surface area contributed by atoms with Gasteiger partial charge in [-0.05, 0) is 24.1 Å². The summed E-state index contributed by atoms with van der Waals surface area (Å²) in [6.07, 6.45) is 2.57. The van der Waals surface area contributed by atoms with E-state index in [1.165, 1.54) is 0 Å². The van der Waals surface area contributed by atoms with Gasteiger partial charge in [0.15, 0.2) is 0 Å². The lowest BCUT2D eigenvalue weighted by Crippen LogP contribution is -2.34. The van der Waals surface area contributed by atoms with Gasteiger partial charge >= 0.3 is 0 Å². The SMILES string of the molecule is CCCCN(CCCl)C(=O)Cc1ccc(Br)cc1. The van der Waals surface area contributed by atoms with Crippen molar-refractivity contribution >= 4 is 33.4 Å². The highest BCUT2D eigenvalue weighted by atomic mass is 79.9. The number of carbonyl (C=O) groups excluding carboxylic acids is 1. The van der Waals surface area contributed by atoms with Crippen LogP contribution < -0.4 is 0 Å². The standard InChI is InChI=1S/C14H19BrClNO/c1-2-3-9-17(10-8-16)14(18)11-12-4-6-13(15)7-5-12/h4-7H,2-3,8-11H2,1H3. The molecular weight excluding hydrogens is 314 g/mol. The zero-order valence-corrected chi connectivity index (χ0v) is 13.0. The Morgan fingerprint density at radius 1 is 1.28 bits per heavy atom. The predicted molar refractivity (Wildman–Crippen MR) is 80.1 cm³/mol. The second-order valence-electron chi connectivity index (χ2n) is 4.23. The molecule has 0 spiro atoms. The molecule has 0 unspecified atom stereocenters. The third-order valence-corrected chi connectivity index (χ3v) is 3.46. The number of halogens is 2. The van der Waals surface area contributed by atoms with Gasteiger partial charge in [-0.2, -0.15) is 0 Å². The van der Waals surface area contributed by atoms with Gasteiger partial charge in [-0.15, -0.1) is 11.6 Å². The number of hydrogen-bond donors (Lipinski definition) is 0. The van der Waals surface area contributed by atoms with Gasteiger partial charge in [-0.1, -0.05) is 41.4 Å². The first kappa shape index (κ1) is 15.5. The number of amides is 1. The largest absolute Gasteiger partial charge is 0.341 e. The first-order valence-corrected chi connectivity index (χ1v) is 7.58. The molecule has 0 saturated carbocycles. The monoisotopic (exact) mass is 331 g/mol. The van der Waals surface area contributed by atoms with Crippen molar-refractivity contribution in [2.45, 2.75) is 26.2 Å². The van der Waals surface area contributed by atoms with Gasteiger partial charge in [-0.25, -0.2) is 0 Å². The van der Waals surface area contributed by atoms with E-state index in [4.69, 9.17) is 11.6 Å². The Balaban J connectivity index is 2.57. The lowest BCUT2D eigenvalue weighted by atomic mass is 10.1. The maximum absolute atomic E-state index is 12.1. The Morgan fingerprint density at radius 2 is 1.94 bits per heavy atom. The first-order chi connectivity index (χ1) is 8.67. The van der Waals surface area contributed by atoms with Gasteiger partial charge in [0, 0.05) is 23.4 Å². The maximum atomic E-state index is 12.1. The van der Waals surface area contributed by atoms with E-state index in [-0.39, 0.29) is 5.91 Å². The van der Waals surface area contributed by atoms with Gasteiger partial charge in [0.25, 0.3) is 0 Å². The lowest BCUT2D eigenvalue weighted by Gasteiger charge is -2.21. The zero-order chi connectivity index (χ0) is 13.4. The van der Waals surface area contributed by atoms with Crippen LogP contribution in [0, 0.1) is 0 Å². The van der Waals surface area contributed by atoms with Crippen molar-refractivity contribution in [2.75, 3.05) is 19.0 Å². The molecule has 0 N–H and O–H groups in total. The summed E-state index contributed by atoms with van der Waals surface area (Å²) in [5.41, 5.74) is 1.04. The van der Waals surface area contributed by atoms with Crippen LogP contribution in [-0.4, -0.2) is 29.8 Å². The number of carbonyl (C=O) groups is 1. The average Bonchev–Trinajstić information content (AvgIpc) is 2.37. The zero-order valence-electron chi connectivity index (χ0n) is 10.7. The fraction of sp³-hybridized carbons (Fsp3) is 0.500. The Kier molecular flexibility index (Phi) is 7.36. The third kappa shape index (κ3) is 5.40. The quantitative estimate of drug-likeness (QED) is 0.694. The Bertz CT molecular complexity index is 367. The minimum absolute atomic E-state index is 0.159. The molecule has 0 heterocycles. The summed E-state index contributed by atoms with van der Waals surface area (Å²) in [7, 11) is 0. The topological polar surface area (TPSA) is 20.3 Å². The number of hydrogen-bond acceptors (Lipinski definition) is 1. The molecule has 0 aliphatic rings. The summed E-state index contributed by atoms with van der Waals surface area (Å²) >= 11 is 9.13. The molecule has 1 amide bonds. The van der Waals surface area contributed by atoms with Crippen LogP contribution >= 0.6 is 27.5 Å². The van der Waals surface area contributed by atoms with Gasteiger partial charge < -0.3 is 4.90 Å². The van der Waals surface area contributed by atoms with E-state index in [9.17, 15) is 4.79 Å². The summed E-state index contributed by atoms with van der Waals surface area (Å²) in [6, 6.07) is 7.86. The van der Waals surface area contributed by atoms with Gasteiger partial charge in [0.2, 0.25) is 5.91 Å². The lowest BCUT2D eigenvalue weighted by molar-refractivity contribution is -0.130. The van der Waals surface area contributed by atoms with Crippen LogP contribution in [0.1, 0.15) is 25.3 Å². The Hall–Kier alpha value is -0.540. The van der Waals surface area contributed by atoms with E-state index >= 15 is 0 Å². The van der Waals surface area contributed by atoms with Crippen molar-refractivity contribution in [2.24, 2.45) is 0 Å². The molecule has 1 rings (SSSR count). The normalized spacial score (nSPS) is 10.4. The Labute approximate surface area is 122 Å². The molecule has 100 valence electrons. The van der Waals surface area contributed by atoms with Crippen LogP contribution in [0.3, 0.4) is 0 Å². The number of rotatable bonds is 7. The fourth-order valence-corrected chi connectivity index (χ4v) is 2.17. The van der Waals surface area contributed by atoms with E-state index in [1.807, 2.05) is 29.2 Å². The first-order valence-electron chi connectivity index (χ1n) is 6.25. The van der Waals surface area contributed by atoms with Crippen molar-refractivity contribution in [3.05, 3.63) is 34.3 Å². The van der Waals surface area contributed by atoms with Gasteiger partial charge in [-0.3, -0.25) is 4.79 Å². The molecule has 1 aromatic rings. The average molecular weight is 333 g/mol. The van der Waals surface area contributed by atoms with E-state index in [1.54, 1.807) is 0 Å². The van der Waals surface area contributed by atoms with Gasteiger partial charge in [0.1, 0.15) is 0 Å². The summed E-state index contributed by atoms with van der Waals surface area (Å²) in [5.74, 6) is 0.655. The van der Waals surface area contributed by atoms with Crippen molar-refractivity contribution in [3.63, 3.8) is 0 Å². The van der Waals surface area contributed by atoms with Crippen molar-refractivity contribution in [1.29, 1.82) is 0 Å². The van der Waals surface area contributed by atoms with Crippen molar-refractivity contribution < 1.29 is 4.79 Å². The van der Waals surface area contributed by atoms with Crippen LogP contribution in [0.4, 0.5) is 0 Å². The highest BCUT2D eigenvalue weighted by Gasteiger charge is 2.12. The van der Waals surface area contributed by atoms with Crippen molar-refractivity contribution in [3.8, 4) is 0 Å². The summed E-state index contributed by atoms with van der Waals surface area (Å²) < 4.78 is 1.03. The maximum Gasteiger partial charge on any atom is 0.227 e. The molecule has 0 fully saturated rings. The molecule has 0 atom stereocenters. The second-order valence-corrected chi connectivity index (χ2v) is 5.52.